The van der Waals surface area contributed by atoms with Crippen LogP contribution in [0.2, 0.25) is 0 Å². The van der Waals surface area contributed by atoms with Gasteiger partial charge in [0.05, 0.1) is 31.5 Å². The molecule has 26 heavy (non-hydrogen) atoms. The Labute approximate surface area is 153 Å². The number of fused-ring (bicyclic) bond motifs is 1. The summed E-state index contributed by atoms with van der Waals surface area (Å²) in [6, 6.07) is 5.15. The number of nitrogens with zero attached hydrogens (tertiary/aromatic N) is 5. The van der Waals surface area contributed by atoms with Crippen LogP contribution in [0.15, 0.2) is 48.4 Å². The van der Waals surface area contributed by atoms with Gasteiger partial charge >= 0.3 is 0 Å². The largest absolute Gasteiger partial charge is 0.349 e. The molecule has 3 aromatic rings. The normalized spacial score (nSPS) is 16.2. The highest BCUT2D eigenvalue weighted by Gasteiger charge is 2.33. The van der Waals surface area contributed by atoms with Crippen molar-refractivity contribution in [2.24, 2.45) is 0 Å². The zero-order valence-corrected chi connectivity index (χ0v) is 14.6. The van der Waals surface area contributed by atoms with Gasteiger partial charge in [0, 0.05) is 23.5 Å². The molecule has 1 aliphatic heterocycles. The first-order valence-corrected chi connectivity index (χ1v) is 8.98. The second-order valence-corrected chi connectivity index (χ2v) is 6.89. The van der Waals surface area contributed by atoms with E-state index < -0.39 is 6.04 Å². The fourth-order valence-electron chi connectivity index (χ4n) is 2.92. The lowest BCUT2D eigenvalue weighted by molar-refractivity contribution is -0.125. The SMILES string of the molecule is O=C(NCc1cccs1)C1CN(C(=O)c2cnccn2)Cc2ccnn21. The minimum absolute atomic E-state index is 0.167. The van der Waals surface area contributed by atoms with E-state index in [1.165, 1.54) is 18.6 Å². The van der Waals surface area contributed by atoms with E-state index in [0.717, 1.165) is 10.6 Å². The van der Waals surface area contributed by atoms with Crippen molar-refractivity contribution >= 4 is 23.2 Å². The van der Waals surface area contributed by atoms with Gasteiger partial charge < -0.3 is 10.2 Å². The molecule has 3 aromatic heterocycles. The maximum absolute atomic E-state index is 12.7. The molecule has 4 heterocycles. The topological polar surface area (TPSA) is 93.0 Å². The van der Waals surface area contributed by atoms with Gasteiger partial charge in [0.1, 0.15) is 11.7 Å². The maximum Gasteiger partial charge on any atom is 0.274 e. The van der Waals surface area contributed by atoms with E-state index in [2.05, 4.69) is 20.4 Å². The van der Waals surface area contributed by atoms with Gasteiger partial charge in [-0.15, -0.1) is 11.3 Å². The molecule has 0 aromatic carbocycles. The van der Waals surface area contributed by atoms with Crippen LogP contribution in [0.3, 0.4) is 0 Å². The van der Waals surface area contributed by atoms with Crippen LogP contribution in [0.25, 0.3) is 0 Å². The van der Waals surface area contributed by atoms with Gasteiger partial charge in [0.15, 0.2) is 0 Å². The molecule has 2 amide bonds. The van der Waals surface area contributed by atoms with Gasteiger partial charge in [-0.2, -0.15) is 5.10 Å². The van der Waals surface area contributed by atoms with E-state index in [0.29, 0.717) is 13.1 Å². The van der Waals surface area contributed by atoms with Gasteiger partial charge in [-0.05, 0) is 17.5 Å². The van der Waals surface area contributed by atoms with Crippen LogP contribution in [0.4, 0.5) is 0 Å². The van der Waals surface area contributed by atoms with Crippen molar-refractivity contribution in [2.45, 2.75) is 19.1 Å². The lowest BCUT2D eigenvalue weighted by Crippen LogP contribution is -2.47. The average Bonchev–Trinajstić information content (AvgIpc) is 3.36. The number of hydrogen-bond donors (Lipinski definition) is 1. The first-order chi connectivity index (χ1) is 12.7. The Balaban J connectivity index is 1.53. The number of amides is 2. The van der Waals surface area contributed by atoms with Crippen LogP contribution in [-0.4, -0.2) is 43.0 Å². The summed E-state index contributed by atoms with van der Waals surface area (Å²) in [6.07, 6.45) is 6.07. The van der Waals surface area contributed by atoms with Crippen LogP contribution in [0.1, 0.15) is 27.1 Å². The molecule has 0 radical (unpaired) electrons. The summed E-state index contributed by atoms with van der Waals surface area (Å²) >= 11 is 1.58. The summed E-state index contributed by atoms with van der Waals surface area (Å²) in [5, 5.41) is 9.16. The fourth-order valence-corrected chi connectivity index (χ4v) is 3.56. The van der Waals surface area contributed by atoms with Crippen LogP contribution >= 0.6 is 11.3 Å². The second kappa shape index (κ2) is 7.04. The molecule has 1 aliphatic rings. The van der Waals surface area contributed by atoms with Gasteiger partial charge in [-0.25, -0.2) is 4.98 Å². The number of aromatic nitrogens is 4. The number of carbonyl (C=O) groups excluding carboxylic acids is 2. The molecule has 1 N–H and O–H groups in total. The molecule has 8 nitrogen and oxygen atoms in total. The van der Waals surface area contributed by atoms with E-state index in [1.807, 2.05) is 23.6 Å². The van der Waals surface area contributed by atoms with E-state index >= 15 is 0 Å². The minimum atomic E-state index is -0.575. The molecule has 9 heteroatoms. The number of nitrogens with one attached hydrogen (secondary N) is 1. The van der Waals surface area contributed by atoms with Crippen molar-refractivity contribution in [1.82, 2.24) is 30.0 Å². The van der Waals surface area contributed by atoms with E-state index in [-0.39, 0.29) is 24.1 Å². The van der Waals surface area contributed by atoms with Crippen LogP contribution in [0, 0.1) is 0 Å². The van der Waals surface area contributed by atoms with Crippen molar-refractivity contribution in [2.75, 3.05) is 6.54 Å². The molecule has 132 valence electrons. The lowest BCUT2D eigenvalue weighted by Gasteiger charge is -2.32. The average molecular weight is 368 g/mol. The van der Waals surface area contributed by atoms with E-state index in [4.69, 9.17) is 0 Å². The molecule has 0 aliphatic carbocycles. The van der Waals surface area contributed by atoms with Crippen LogP contribution < -0.4 is 5.32 Å². The summed E-state index contributed by atoms with van der Waals surface area (Å²) in [5.74, 6) is -0.415. The number of rotatable bonds is 4. The standard InChI is InChI=1S/C17H16N6O2S/c24-16(20-8-13-2-1-7-26-13)15-11-22(10-12-3-4-21-23(12)15)17(25)14-9-18-5-6-19-14/h1-7,9,15H,8,10-11H2,(H,20,24). The Morgan fingerprint density at radius 1 is 1.27 bits per heavy atom. The summed E-state index contributed by atoms with van der Waals surface area (Å²) in [6.45, 7) is 1.08. The van der Waals surface area contributed by atoms with Gasteiger partial charge in [-0.3, -0.25) is 19.3 Å². The molecule has 0 saturated heterocycles. The highest BCUT2D eigenvalue weighted by Crippen LogP contribution is 2.22. The zero-order chi connectivity index (χ0) is 17.9. The monoisotopic (exact) mass is 368 g/mol. The van der Waals surface area contributed by atoms with Crippen molar-refractivity contribution in [3.05, 3.63) is 64.6 Å². The highest BCUT2D eigenvalue weighted by molar-refractivity contribution is 7.09. The molecule has 1 unspecified atom stereocenters. The number of hydrogen-bond acceptors (Lipinski definition) is 6. The van der Waals surface area contributed by atoms with E-state index in [1.54, 1.807) is 27.1 Å². The van der Waals surface area contributed by atoms with Gasteiger partial charge in [0.2, 0.25) is 5.91 Å². The second-order valence-electron chi connectivity index (χ2n) is 5.86. The van der Waals surface area contributed by atoms with Crippen molar-refractivity contribution < 1.29 is 9.59 Å². The first kappa shape index (κ1) is 16.4. The van der Waals surface area contributed by atoms with Crippen molar-refractivity contribution in [1.29, 1.82) is 0 Å². The molecule has 0 spiro atoms. The smallest absolute Gasteiger partial charge is 0.274 e. The summed E-state index contributed by atoms with van der Waals surface area (Å²) < 4.78 is 1.68. The fraction of sp³-hybridized carbons (Fsp3) is 0.235. The Kier molecular flexibility index (Phi) is 4.44. The molecule has 1 atom stereocenters. The van der Waals surface area contributed by atoms with Crippen molar-refractivity contribution in [3.63, 3.8) is 0 Å². The Morgan fingerprint density at radius 2 is 2.19 bits per heavy atom. The summed E-state index contributed by atoms with van der Waals surface area (Å²) in [7, 11) is 0. The Morgan fingerprint density at radius 3 is 2.96 bits per heavy atom. The quantitative estimate of drug-likeness (QED) is 0.748. The first-order valence-electron chi connectivity index (χ1n) is 8.10. The van der Waals surface area contributed by atoms with Gasteiger partial charge in [0.25, 0.3) is 5.91 Å². The Bertz CT molecular complexity index is 909. The number of thiophene rings is 1. The molecule has 0 fully saturated rings. The molecule has 0 saturated carbocycles. The van der Waals surface area contributed by atoms with Crippen LogP contribution in [-0.2, 0) is 17.9 Å². The molecule has 0 bridgehead atoms. The van der Waals surface area contributed by atoms with Crippen molar-refractivity contribution in [3.8, 4) is 0 Å². The summed E-state index contributed by atoms with van der Waals surface area (Å²) in [5.41, 5.74) is 1.07. The predicted molar refractivity (Wildman–Crippen MR) is 94.2 cm³/mol. The molecule has 4 rings (SSSR count). The van der Waals surface area contributed by atoms with Gasteiger partial charge in [-0.1, -0.05) is 6.07 Å². The third kappa shape index (κ3) is 3.21. The van der Waals surface area contributed by atoms with E-state index in [9.17, 15) is 9.59 Å². The third-order valence-electron chi connectivity index (χ3n) is 4.18. The third-order valence-corrected chi connectivity index (χ3v) is 5.06. The predicted octanol–water partition coefficient (Wildman–Crippen LogP) is 1.25. The van der Waals surface area contributed by atoms with Crippen LogP contribution in [0.5, 0.6) is 0 Å². The Hall–Kier alpha value is -3.07. The number of carbonyl (C=O) groups is 2. The maximum atomic E-state index is 12.7. The zero-order valence-electron chi connectivity index (χ0n) is 13.8. The highest BCUT2D eigenvalue weighted by atomic mass is 32.1. The minimum Gasteiger partial charge on any atom is -0.349 e. The summed E-state index contributed by atoms with van der Waals surface area (Å²) in [4.78, 5) is 36.1. The molecular weight excluding hydrogens is 352 g/mol. The lowest BCUT2D eigenvalue weighted by atomic mass is 10.1. The molecular formula is C17H16N6O2S.